The summed E-state index contributed by atoms with van der Waals surface area (Å²) in [6.45, 7) is 1.99. The summed E-state index contributed by atoms with van der Waals surface area (Å²) in [4.78, 5) is 12.3. The molecule has 0 fully saturated rings. The average molecular weight is 395 g/mol. The van der Waals surface area contributed by atoms with E-state index in [1.54, 1.807) is 18.2 Å². The Kier molecular flexibility index (Phi) is 5.21. The molecular formula is C15H13N3O4S3. The first-order valence-electron chi connectivity index (χ1n) is 7.18. The normalized spacial score (nSPS) is 11.4. The number of nitrogens with zero attached hydrogens (tertiary/aromatic N) is 2. The number of aromatic nitrogens is 2. The Labute approximate surface area is 152 Å². The van der Waals surface area contributed by atoms with E-state index in [0.717, 1.165) is 10.1 Å². The minimum Gasteiger partial charge on any atom is -0.439 e. The van der Waals surface area contributed by atoms with E-state index in [2.05, 4.69) is 15.5 Å². The summed E-state index contributed by atoms with van der Waals surface area (Å²) in [7, 11) is -3.80. The van der Waals surface area contributed by atoms with E-state index < -0.39 is 15.7 Å². The van der Waals surface area contributed by atoms with Crippen LogP contribution in [0.2, 0.25) is 0 Å². The van der Waals surface area contributed by atoms with Crippen molar-refractivity contribution in [2.24, 2.45) is 0 Å². The van der Waals surface area contributed by atoms with Crippen LogP contribution in [0.5, 0.6) is 0 Å². The molecule has 1 aromatic carbocycles. The molecule has 0 aliphatic carbocycles. The van der Waals surface area contributed by atoms with Gasteiger partial charge >= 0.3 is 0 Å². The number of furan rings is 1. The fraction of sp³-hybridized carbons (Fsp3) is 0.133. The van der Waals surface area contributed by atoms with Crippen molar-refractivity contribution in [3.63, 3.8) is 0 Å². The molecule has 0 aliphatic rings. The molecule has 3 aromatic rings. The van der Waals surface area contributed by atoms with Gasteiger partial charge in [-0.1, -0.05) is 48.2 Å². The number of hydrogen-bond acceptors (Lipinski definition) is 8. The lowest BCUT2D eigenvalue weighted by atomic mass is 10.4. The molecule has 25 heavy (non-hydrogen) atoms. The van der Waals surface area contributed by atoms with Crippen molar-refractivity contribution in [3.8, 4) is 0 Å². The van der Waals surface area contributed by atoms with E-state index >= 15 is 0 Å². The Morgan fingerprint density at radius 3 is 2.68 bits per heavy atom. The third-order valence-corrected chi connectivity index (χ3v) is 6.51. The second-order valence-electron chi connectivity index (χ2n) is 4.70. The number of sulfone groups is 1. The highest BCUT2D eigenvalue weighted by Gasteiger charge is 2.23. The van der Waals surface area contributed by atoms with Gasteiger partial charge in [0, 0.05) is 0 Å². The highest BCUT2D eigenvalue weighted by Crippen LogP contribution is 2.26. The van der Waals surface area contributed by atoms with Gasteiger partial charge in [-0.3, -0.25) is 10.1 Å². The third kappa shape index (κ3) is 3.91. The summed E-state index contributed by atoms with van der Waals surface area (Å²) in [5, 5.41) is 10.4. The molecule has 10 heteroatoms. The monoisotopic (exact) mass is 395 g/mol. The van der Waals surface area contributed by atoms with Crippen LogP contribution in [0.3, 0.4) is 0 Å². The van der Waals surface area contributed by atoms with Gasteiger partial charge in [0.05, 0.1) is 4.90 Å². The lowest BCUT2D eigenvalue weighted by Crippen LogP contribution is -2.10. The molecule has 0 bridgehead atoms. The SMILES string of the molecule is CCSc1nnc(NC(=O)c2ccc(S(=O)(=O)c3ccccc3)o2)s1. The zero-order valence-electron chi connectivity index (χ0n) is 13.0. The van der Waals surface area contributed by atoms with Gasteiger partial charge in [-0.2, -0.15) is 0 Å². The Morgan fingerprint density at radius 2 is 1.96 bits per heavy atom. The maximum Gasteiger partial charge on any atom is 0.293 e. The van der Waals surface area contributed by atoms with Crippen LogP contribution in [0.1, 0.15) is 17.5 Å². The van der Waals surface area contributed by atoms with Crippen LogP contribution in [-0.4, -0.2) is 30.3 Å². The molecule has 7 nitrogen and oxygen atoms in total. The molecule has 1 N–H and O–H groups in total. The molecule has 0 saturated carbocycles. The van der Waals surface area contributed by atoms with Crippen molar-refractivity contribution in [2.75, 3.05) is 11.1 Å². The topological polar surface area (TPSA) is 102 Å². The van der Waals surface area contributed by atoms with Crippen LogP contribution >= 0.6 is 23.1 Å². The smallest absolute Gasteiger partial charge is 0.293 e. The van der Waals surface area contributed by atoms with Crippen LogP contribution in [0.15, 0.2) is 61.2 Å². The van der Waals surface area contributed by atoms with E-state index in [1.807, 2.05) is 6.92 Å². The summed E-state index contributed by atoms with van der Waals surface area (Å²) in [6, 6.07) is 10.4. The van der Waals surface area contributed by atoms with Gasteiger partial charge in [0.1, 0.15) is 0 Å². The molecule has 2 aromatic heterocycles. The minimum atomic E-state index is -3.80. The van der Waals surface area contributed by atoms with Gasteiger partial charge in [-0.05, 0) is 30.0 Å². The van der Waals surface area contributed by atoms with Crippen molar-refractivity contribution in [3.05, 3.63) is 48.2 Å². The number of carbonyl (C=O) groups is 1. The van der Waals surface area contributed by atoms with Gasteiger partial charge in [0.15, 0.2) is 10.1 Å². The average Bonchev–Trinajstić information content (AvgIpc) is 3.26. The van der Waals surface area contributed by atoms with Crippen molar-refractivity contribution in [1.29, 1.82) is 0 Å². The fourth-order valence-electron chi connectivity index (χ4n) is 1.90. The van der Waals surface area contributed by atoms with Gasteiger partial charge in [0.2, 0.25) is 20.1 Å². The van der Waals surface area contributed by atoms with Crippen LogP contribution in [0.4, 0.5) is 5.13 Å². The zero-order valence-corrected chi connectivity index (χ0v) is 15.5. The predicted molar refractivity (Wildman–Crippen MR) is 94.9 cm³/mol. The van der Waals surface area contributed by atoms with E-state index in [1.165, 1.54) is 47.4 Å². The van der Waals surface area contributed by atoms with Crippen LogP contribution in [0, 0.1) is 0 Å². The van der Waals surface area contributed by atoms with Gasteiger partial charge in [-0.25, -0.2) is 8.42 Å². The maximum absolute atomic E-state index is 12.5. The first-order chi connectivity index (χ1) is 12.0. The number of nitrogens with one attached hydrogen (secondary N) is 1. The van der Waals surface area contributed by atoms with Gasteiger partial charge in [-0.15, -0.1) is 10.2 Å². The first kappa shape index (κ1) is 17.6. The van der Waals surface area contributed by atoms with E-state index in [-0.39, 0.29) is 15.7 Å². The van der Waals surface area contributed by atoms with E-state index in [9.17, 15) is 13.2 Å². The molecule has 0 spiro atoms. The summed E-state index contributed by atoms with van der Waals surface area (Å²) < 4.78 is 30.9. The number of benzene rings is 1. The van der Waals surface area contributed by atoms with Crippen molar-refractivity contribution in [1.82, 2.24) is 10.2 Å². The lowest BCUT2D eigenvalue weighted by molar-refractivity contribution is 0.0991. The highest BCUT2D eigenvalue weighted by atomic mass is 32.2. The molecular weight excluding hydrogens is 382 g/mol. The maximum atomic E-state index is 12.5. The fourth-order valence-corrected chi connectivity index (χ4v) is 4.74. The Bertz CT molecular complexity index is 980. The number of amides is 1. The summed E-state index contributed by atoms with van der Waals surface area (Å²) in [6.07, 6.45) is 0. The molecule has 3 rings (SSSR count). The second-order valence-corrected chi connectivity index (χ2v) is 9.06. The number of hydrogen-bond donors (Lipinski definition) is 1. The summed E-state index contributed by atoms with van der Waals surface area (Å²) >= 11 is 2.75. The highest BCUT2D eigenvalue weighted by molar-refractivity contribution is 8.01. The van der Waals surface area contributed by atoms with E-state index in [0.29, 0.717) is 5.13 Å². The van der Waals surface area contributed by atoms with Gasteiger partial charge < -0.3 is 4.42 Å². The lowest BCUT2D eigenvalue weighted by Gasteiger charge is -2.00. The standard InChI is InChI=1S/C15H13N3O4S3/c1-2-23-15-18-17-14(24-15)16-13(19)11-8-9-12(22-11)25(20,21)10-6-4-3-5-7-10/h3-9H,2H2,1H3,(H,16,17,19). The molecule has 0 atom stereocenters. The molecule has 2 heterocycles. The molecule has 0 aliphatic heterocycles. The van der Waals surface area contributed by atoms with Crippen LogP contribution < -0.4 is 5.32 Å². The second kappa shape index (κ2) is 7.38. The van der Waals surface area contributed by atoms with E-state index in [4.69, 9.17) is 4.42 Å². The zero-order chi connectivity index (χ0) is 17.9. The first-order valence-corrected chi connectivity index (χ1v) is 10.5. The van der Waals surface area contributed by atoms with Crippen LogP contribution in [-0.2, 0) is 9.84 Å². The van der Waals surface area contributed by atoms with Gasteiger partial charge in [0.25, 0.3) is 5.91 Å². The van der Waals surface area contributed by atoms with Crippen molar-refractivity contribution >= 4 is 44.0 Å². The molecule has 130 valence electrons. The number of rotatable bonds is 6. The Morgan fingerprint density at radius 1 is 1.20 bits per heavy atom. The largest absolute Gasteiger partial charge is 0.439 e. The molecule has 0 saturated heterocycles. The molecule has 0 radical (unpaired) electrons. The number of thioether (sulfide) groups is 1. The number of carbonyl (C=O) groups excluding carboxylic acids is 1. The molecule has 0 unspecified atom stereocenters. The predicted octanol–water partition coefficient (Wildman–Crippen LogP) is 3.33. The Balaban J connectivity index is 1.77. The summed E-state index contributed by atoms with van der Waals surface area (Å²) in [5.41, 5.74) is 0. The minimum absolute atomic E-state index is 0.0988. The van der Waals surface area contributed by atoms with Crippen molar-refractivity contribution in [2.45, 2.75) is 21.3 Å². The Hall–Kier alpha value is -2.17. The molecule has 1 amide bonds. The third-order valence-electron chi connectivity index (χ3n) is 3.02. The van der Waals surface area contributed by atoms with Crippen LogP contribution in [0.25, 0.3) is 0 Å². The number of anilines is 1. The quantitative estimate of drug-likeness (QED) is 0.504. The summed E-state index contributed by atoms with van der Waals surface area (Å²) in [5.74, 6) is 0.148. The van der Waals surface area contributed by atoms with Crippen molar-refractivity contribution < 1.29 is 17.6 Å².